The number of ether oxygens (including phenoxy) is 1. The SMILES string of the molecule is CN[C@@H](C)C(=O)CCC1CO1. The van der Waals surface area contributed by atoms with Crippen molar-refractivity contribution < 1.29 is 9.53 Å². The quantitative estimate of drug-likeness (QED) is 0.585. The lowest BCUT2D eigenvalue weighted by Crippen LogP contribution is -2.30. The third kappa shape index (κ3) is 2.99. The fourth-order valence-corrected chi connectivity index (χ4v) is 0.915. The van der Waals surface area contributed by atoms with Crippen molar-refractivity contribution in [1.29, 1.82) is 0 Å². The van der Waals surface area contributed by atoms with E-state index in [1.807, 2.05) is 6.92 Å². The van der Waals surface area contributed by atoms with Crippen LogP contribution in [0, 0.1) is 0 Å². The number of epoxide rings is 1. The van der Waals surface area contributed by atoms with Crippen LogP contribution < -0.4 is 5.32 Å². The second kappa shape index (κ2) is 3.83. The highest BCUT2D eigenvalue weighted by Crippen LogP contribution is 2.15. The van der Waals surface area contributed by atoms with Crippen molar-refractivity contribution in [2.75, 3.05) is 13.7 Å². The Hall–Kier alpha value is -0.410. The number of rotatable bonds is 5. The normalized spacial score (nSPS) is 24.7. The van der Waals surface area contributed by atoms with Crippen LogP contribution in [0.4, 0.5) is 0 Å². The van der Waals surface area contributed by atoms with Crippen LogP contribution in [-0.4, -0.2) is 31.6 Å². The molecule has 0 aromatic rings. The Morgan fingerprint density at radius 2 is 2.45 bits per heavy atom. The van der Waals surface area contributed by atoms with Gasteiger partial charge in [0.2, 0.25) is 0 Å². The Balaban J connectivity index is 2.08. The molecule has 3 heteroatoms. The zero-order valence-electron chi connectivity index (χ0n) is 7.09. The molecule has 0 aliphatic carbocycles. The molecule has 3 nitrogen and oxygen atoms in total. The van der Waals surface area contributed by atoms with E-state index < -0.39 is 0 Å². The van der Waals surface area contributed by atoms with Gasteiger partial charge in [-0.15, -0.1) is 0 Å². The van der Waals surface area contributed by atoms with Gasteiger partial charge in [-0.2, -0.15) is 0 Å². The number of hydrogen-bond donors (Lipinski definition) is 1. The number of likely N-dealkylation sites (N-methyl/N-ethyl adjacent to an activating group) is 1. The van der Waals surface area contributed by atoms with Crippen LogP contribution in [0.1, 0.15) is 19.8 Å². The first-order chi connectivity index (χ1) is 5.24. The van der Waals surface area contributed by atoms with Crippen LogP contribution in [-0.2, 0) is 9.53 Å². The summed E-state index contributed by atoms with van der Waals surface area (Å²) in [6.45, 7) is 2.73. The largest absolute Gasteiger partial charge is 0.373 e. The minimum atomic E-state index is -0.00579. The van der Waals surface area contributed by atoms with Crippen LogP contribution in [0.2, 0.25) is 0 Å². The highest BCUT2D eigenvalue weighted by molar-refractivity contribution is 5.83. The molecule has 64 valence electrons. The summed E-state index contributed by atoms with van der Waals surface area (Å²) < 4.78 is 5.00. The molecule has 2 atom stereocenters. The highest BCUT2D eigenvalue weighted by atomic mass is 16.6. The summed E-state index contributed by atoms with van der Waals surface area (Å²) in [4.78, 5) is 11.2. The minimum absolute atomic E-state index is 0.00579. The van der Waals surface area contributed by atoms with Crippen LogP contribution in [0.25, 0.3) is 0 Å². The maximum absolute atomic E-state index is 11.2. The molecule has 11 heavy (non-hydrogen) atoms. The number of ketones is 1. The van der Waals surface area contributed by atoms with Gasteiger partial charge in [-0.1, -0.05) is 0 Å². The van der Waals surface area contributed by atoms with Crippen molar-refractivity contribution in [3.63, 3.8) is 0 Å². The Morgan fingerprint density at radius 1 is 1.82 bits per heavy atom. The summed E-state index contributed by atoms with van der Waals surface area (Å²) in [6.07, 6.45) is 1.92. The number of carbonyl (C=O) groups is 1. The number of carbonyl (C=O) groups excluding carboxylic acids is 1. The fraction of sp³-hybridized carbons (Fsp3) is 0.875. The Bertz CT molecular complexity index is 143. The summed E-state index contributed by atoms with van der Waals surface area (Å²) >= 11 is 0. The van der Waals surface area contributed by atoms with Gasteiger partial charge in [0, 0.05) is 6.42 Å². The molecule has 1 fully saturated rings. The van der Waals surface area contributed by atoms with Gasteiger partial charge in [-0.05, 0) is 20.4 Å². The molecule has 0 amide bonds. The molecule has 1 saturated heterocycles. The summed E-state index contributed by atoms with van der Waals surface area (Å²) in [7, 11) is 1.80. The van der Waals surface area contributed by atoms with Crippen molar-refractivity contribution in [2.45, 2.75) is 31.9 Å². The lowest BCUT2D eigenvalue weighted by Gasteiger charge is -2.06. The van der Waals surface area contributed by atoms with E-state index in [9.17, 15) is 4.79 Å². The van der Waals surface area contributed by atoms with E-state index in [2.05, 4.69) is 5.32 Å². The van der Waals surface area contributed by atoms with E-state index >= 15 is 0 Å². The smallest absolute Gasteiger partial charge is 0.149 e. The third-order valence-electron chi connectivity index (χ3n) is 2.03. The Kier molecular flexibility index (Phi) is 3.02. The van der Waals surface area contributed by atoms with Gasteiger partial charge in [0.05, 0.1) is 18.8 Å². The summed E-state index contributed by atoms with van der Waals surface area (Å²) in [5.41, 5.74) is 0. The van der Waals surface area contributed by atoms with E-state index in [0.717, 1.165) is 13.0 Å². The van der Waals surface area contributed by atoms with E-state index in [4.69, 9.17) is 4.74 Å². The first-order valence-corrected chi connectivity index (χ1v) is 4.05. The maximum Gasteiger partial charge on any atom is 0.149 e. The van der Waals surface area contributed by atoms with Crippen LogP contribution in [0.5, 0.6) is 0 Å². The van der Waals surface area contributed by atoms with Gasteiger partial charge in [-0.25, -0.2) is 0 Å². The molecule has 0 aromatic carbocycles. The lowest BCUT2D eigenvalue weighted by molar-refractivity contribution is -0.120. The van der Waals surface area contributed by atoms with Gasteiger partial charge in [0.1, 0.15) is 5.78 Å². The molecule has 0 radical (unpaired) electrons. The van der Waals surface area contributed by atoms with Gasteiger partial charge in [0.15, 0.2) is 0 Å². The molecule has 0 aromatic heterocycles. The number of Topliss-reactive ketones (excluding diaryl/α,β-unsaturated/α-hetero) is 1. The predicted octanol–water partition coefficient (Wildman–Crippen LogP) is 0.342. The van der Waals surface area contributed by atoms with Crippen LogP contribution in [0.3, 0.4) is 0 Å². The molecule has 1 N–H and O–H groups in total. The van der Waals surface area contributed by atoms with Crippen molar-refractivity contribution in [2.24, 2.45) is 0 Å². The van der Waals surface area contributed by atoms with Gasteiger partial charge in [0.25, 0.3) is 0 Å². The maximum atomic E-state index is 11.2. The minimum Gasteiger partial charge on any atom is -0.373 e. The van der Waals surface area contributed by atoms with Gasteiger partial charge < -0.3 is 10.1 Å². The molecular weight excluding hydrogens is 142 g/mol. The molecule has 0 bridgehead atoms. The van der Waals surface area contributed by atoms with E-state index in [1.165, 1.54) is 0 Å². The molecule has 0 saturated carbocycles. The topological polar surface area (TPSA) is 41.6 Å². The molecule has 1 unspecified atom stereocenters. The van der Waals surface area contributed by atoms with Crippen molar-refractivity contribution in [3.05, 3.63) is 0 Å². The molecular formula is C8H15NO2. The number of hydrogen-bond acceptors (Lipinski definition) is 3. The molecule has 1 heterocycles. The van der Waals surface area contributed by atoms with Crippen LogP contribution in [0.15, 0.2) is 0 Å². The van der Waals surface area contributed by atoms with Gasteiger partial charge in [-0.3, -0.25) is 4.79 Å². The Morgan fingerprint density at radius 3 is 2.91 bits per heavy atom. The van der Waals surface area contributed by atoms with E-state index in [0.29, 0.717) is 12.5 Å². The highest BCUT2D eigenvalue weighted by Gasteiger charge is 2.23. The second-order valence-electron chi connectivity index (χ2n) is 2.97. The standard InChI is InChI=1S/C8H15NO2/c1-6(9-2)8(10)4-3-7-5-11-7/h6-7,9H,3-5H2,1-2H3/t6-,7?/m0/s1. The van der Waals surface area contributed by atoms with Crippen molar-refractivity contribution in [1.82, 2.24) is 5.32 Å². The van der Waals surface area contributed by atoms with Crippen molar-refractivity contribution in [3.8, 4) is 0 Å². The first-order valence-electron chi connectivity index (χ1n) is 4.05. The number of nitrogens with one attached hydrogen (secondary N) is 1. The Labute approximate surface area is 67.1 Å². The lowest BCUT2D eigenvalue weighted by atomic mass is 10.1. The average molecular weight is 157 g/mol. The van der Waals surface area contributed by atoms with Crippen LogP contribution >= 0.6 is 0 Å². The molecule has 1 rings (SSSR count). The predicted molar refractivity (Wildman–Crippen MR) is 42.5 cm³/mol. The molecule has 0 spiro atoms. The van der Waals surface area contributed by atoms with E-state index in [-0.39, 0.29) is 11.8 Å². The van der Waals surface area contributed by atoms with Crippen molar-refractivity contribution >= 4 is 5.78 Å². The second-order valence-corrected chi connectivity index (χ2v) is 2.97. The first kappa shape index (κ1) is 8.68. The third-order valence-corrected chi connectivity index (χ3v) is 2.03. The fourth-order valence-electron chi connectivity index (χ4n) is 0.915. The van der Waals surface area contributed by atoms with Gasteiger partial charge >= 0.3 is 0 Å². The summed E-state index contributed by atoms with van der Waals surface area (Å²) in [5, 5.41) is 2.92. The average Bonchev–Trinajstić information content (AvgIpc) is 2.81. The zero-order chi connectivity index (χ0) is 8.27. The summed E-state index contributed by atoms with van der Waals surface area (Å²) in [6, 6.07) is -0.00579. The molecule has 1 aliphatic heterocycles. The summed E-state index contributed by atoms with van der Waals surface area (Å²) in [5.74, 6) is 0.281. The zero-order valence-corrected chi connectivity index (χ0v) is 7.09. The molecule has 1 aliphatic rings. The monoisotopic (exact) mass is 157 g/mol. The van der Waals surface area contributed by atoms with E-state index in [1.54, 1.807) is 7.05 Å².